The summed E-state index contributed by atoms with van der Waals surface area (Å²) in [6, 6.07) is 20.3. The van der Waals surface area contributed by atoms with E-state index in [2.05, 4.69) is 35.6 Å². The molecule has 1 aliphatic heterocycles. The molecule has 0 bridgehead atoms. The van der Waals surface area contributed by atoms with Gasteiger partial charge in [0.05, 0.1) is 21.8 Å². The summed E-state index contributed by atoms with van der Waals surface area (Å²) in [5, 5.41) is 19.2. The van der Waals surface area contributed by atoms with Crippen molar-refractivity contribution in [3.8, 4) is 22.5 Å². The first-order chi connectivity index (χ1) is 30.0. The van der Waals surface area contributed by atoms with Gasteiger partial charge in [0.2, 0.25) is 15.9 Å². The number of rotatable bonds is 16. The number of benzene rings is 4. The Morgan fingerprint density at radius 1 is 0.921 bits per heavy atom. The van der Waals surface area contributed by atoms with Crippen molar-refractivity contribution in [1.82, 2.24) is 30.3 Å². The molecule has 1 fully saturated rings. The van der Waals surface area contributed by atoms with E-state index in [0.29, 0.717) is 52.1 Å². The number of aryl methyl sites for hydroxylation is 1. The third kappa shape index (κ3) is 10.3. The topological polar surface area (TPSA) is 199 Å². The molecule has 0 radical (unpaired) electrons. The Labute approximate surface area is 363 Å². The van der Waals surface area contributed by atoms with Crippen LogP contribution in [0.3, 0.4) is 0 Å². The molecule has 0 atom stereocenters. The van der Waals surface area contributed by atoms with Gasteiger partial charge in [-0.15, -0.1) is 0 Å². The summed E-state index contributed by atoms with van der Waals surface area (Å²) >= 11 is 0. The first-order valence-electron chi connectivity index (χ1n) is 20.5. The van der Waals surface area contributed by atoms with Crippen LogP contribution in [-0.2, 0) is 27.0 Å². The minimum atomic E-state index is -3.81. The van der Waals surface area contributed by atoms with Gasteiger partial charge < -0.3 is 20.7 Å². The fourth-order valence-electron chi connectivity index (χ4n) is 7.35. The zero-order valence-electron chi connectivity index (χ0n) is 35.2. The maximum Gasteiger partial charge on any atom is 0.328 e. The molecule has 2 aromatic heterocycles. The Morgan fingerprint density at radius 3 is 2.41 bits per heavy atom. The van der Waals surface area contributed by atoms with Gasteiger partial charge in [-0.2, -0.15) is 0 Å². The second-order valence-corrected chi connectivity index (χ2v) is 17.8. The molecular formula is C46H48F2N8O6S. The van der Waals surface area contributed by atoms with Crippen molar-refractivity contribution in [2.24, 2.45) is 0 Å². The second kappa shape index (κ2) is 18.5. The summed E-state index contributed by atoms with van der Waals surface area (Å²) < 4.78 is 58.8. The Balaban J connectivity index is 0.912. The molecule has 6 aromatic rings. The molecule has 1 aliphatic rings. The van der Waals surface area contributed by atoms with E-state index >= 15 is 4.39 Å². The van der Waals surface area contributed by atoms with Crippen LogP contribution < -0.4 is 25.6 Å². The van der Waals surface area contributed by atoms with E-state index in [1.54, 1.807) is 19.9 Å². The summed E-state index contributed by atoms with van der Waals surface area (Å²) in [4.78, 5) is 50.7. The molecule has 0 saturated carbocycles. The molecule has 17 heteroatoms. The number of hydrogen-bond acceptors (Lipinski definition) is 9. The lowest BCUT2D eigenvalue weighted by Gasteiger charge is -2.28. The number of urea groups is 1. The molecule has 6 N–H and O–H groups in total. The molecule has 0 unspecified atom stereocenters. The molecule has 0 spiro atoms. The number of anilines is 2. The molecule has 4 aromatic carbocycles. The number of aromatic amines is 1. The Morgan fingerprint density at radius 2 is 1.68 bits per heavy atom. The van der Waals surface area contributed by atoms with Gasteiger partial charge in [0, 0.05) is 54.1 Å². The van der Waals surface area contributed by atoms with Crippen LogP contribution in [-0.4, -0.2) is 66.0 Å². The quantitative estimate of drug-likeness (QED) is 0.0539. The van der Waals surface area contributed by atoms with Crippen molar-refractivity contribution in [3.05, 3.63) is 125 Å². The van der Waals surface area contributed by atoms with Gasteiger partial charge in [0.25, 0.3) is 5.91 Å². The van der Waals surface area contributed by atoms with Crippen molar-refractivity contribution < 1.29 is 36.7 Å². The Kier molecular flexibility index (Phi) is 13.1. The van der Waals surface area contributed by atoms with E-state index in [1.165, 1.54) is 61.5 Å². The number of imide groups is 1. The third-order valence-electron chi connectivity index (χ3n) is 11.0. The molecule has 0 aliphatic carbocycles. The highest BCUT2D eigenvalue weighted by Gasteiger charge is 2.27. The number of hydrogen-bond donors (Lipinski definition) is 6. The summed E-state index contributed by atoms with van der Waals surface area (Å²) in [5.41, 5.74) is 4.70. The Hall–Kier alpha value is -6.40. The average molecular weight is 879 g/mol. The van der Waals surface area contributed by atoms with Crippen LogP contribution in [0.4, 0.5) is 25.0 Å². The largest absolute Gasteiger partial charge is 0.386 e. The van der Waals surface area contributed by atoms with E-state index in [0.717, 1.165) is 47.8 Å². The number of unbranched alkanes of at least 4 members (excludes halogenated alkanes) is 2. The lowest BCUT2D eigenvalue weighted by atomic mass is 9.96. The van der Waals surface area contributed by atoms with Crippen molar-refractivity contribution in [1.29, 1.82) is 0 Å². The number of fused-ring (bicyclic) bond motifs is 1. The predicted octanol–water partition coefficient (Wildman–Crippen LogP) is 7.35. The highest BCUT2D eigenvalue weighted by Crippen LogP contribution is 2.35. The van der Waals surface area contributed by atoms with E-state index < -0.39 is 39.2 Å². The number of sulfonamides is 1. The summed E-state index contributed by atoms with van der Waals surface area (Å²) in [7, 11) is -3.81. The van der Waals surface area contributed by atoms with Gasteiger partial charge in [0.1, 0.15) is 23.6 Å². The zero-order chi connectivity index (χ0) is 45.1. The number of H-pyrrole nitrogens is 1. The Bertz CT molecular complexity index is 2820. The van der Waals surface area contributed by atoms with Gasteiger partial charge in [-0.05, 0) is 117 Å². The number of aromatic nitrogens is 3. The fraction of sp³-hybridized carbons (Fsp3) is 0.283. The SMILES string of the molecule is Cc1ccc(S(=O)(=O)NCCCCCNCc2ccc(-c3cc4c(-c5cc(F)cc(NC(=O)c6ccc(C(C)(C)O)cc6F)c5C)ncnc4[nH]3)cc2)cc1N1CCC(=O)NC1=O. The van der Waals surface area contributed by atoms with Crippen molar-refractivity contribution >= 4 is 50.3 Å². The first-order valence-corrected chi connectivity index (χ1v) is 22.0. The summed E-state index contributed by atoms with van der Waals surface area (Å²) in [5.74, 6) is -2.58. The van der Waals surface area contributed by atoms with E-state index in [1.807, 2.05) is 30.3 Å². The van der Waals surface area contributed by atoms with Crippen molar-refractivity contribution in [2.45, 2.75) is 70.4 Å². The van der Waals surface area contributed by atoms with Crippen molar-refractivity contribution in [3.63, 3.8) is 0 Å². The summed E-state index contributed by atoms with van der Waals surface area (Å²) in [6.45, 7) is 8.32. The van der Waals surface area contributed by atoms with E-state index in [4.69, 9.17) is 0 Å². The van der Waals surface area contributed by atoms with Crippen molar-refractivity contribution in [2.75, 3.05) is 29.9 Å². The van der Waals surface area contributed by atoms with Gasteiger partial charge >= 0.3 is 6.03 Å². The van der Waals surface area contributed by atoms with Crippen LogP contribution >= 0.6 is 0 Å². The minimum Gasteiger partial charge on any atom is -0.386 e. The number of aliphatic hydroxyl groups is 1. The van der Waals surface area contributed by atoms with Crippen LogP contribution in [0.25, 0.3) is 33.5 Å². The second-order valence-electron chi connectivity index (χ2n) is 16.0. The third-order valence-corrected chi connectivity index (χ3v) is 12.4. The zero-order valence-corrected chi connectivity index (χ0v) is 36.1. The molecule has 14 nitrogen and oxygen atoms in total. The van der Waals surface area contributed by atoms with Crippen LogP contribution in [0.5, 0.6) is 0 Å². The number of carbonyl (C=O) groups excluding carboxylic acids is 3. The molecule has 4 amide bonds. The summed E-state index contributed by atoms with van der Waals surface area (Å²) in [6.07, 6.45) is 3.79. The lowest BCUT2D eigenvalue weighted by Crippen LogP contribution is -2.49. The predicted molar refractivity (Wildman–Crippen MR) is 236 cm³/mol. The number of nitrogens with zero attached hydrogens (tertiary/aromatic N) is 3. The number of carbonyl (C=O) groups is 3. The molecule has 3 heterocycles. The number of nitrogens with one attached hydrogen (secondary N) is 5. The average Bonchev–Trinajstić information content (AvgIpc) is 3.68. The van der Waals surface area contributed by atoms with Gasteiger partial charge in [-0.1, -0.05) is 42.8 Å². The molecule has 7 rings (SSSR count). The normalized spacial score (nSPS) is 13.4. The lowest BCUT2D eigenvalue weighted by molar-refractivity contribution is -0.120. The first kappa shape index (κ1) is 44.6. The number of halogens is 2. The fourth-order valence-corrected chi connectivity index (χ4v) is 8.45. The van der Waals surface area contributed by atoms with E-state index in [-0.39, 0.29) is 41.6 Å². The standard InChI is InChI=1S/C46H48F2N8O6S/c1-27-8-14-33(23-40(27)56-19-16-41(57)55-45(56)59)63(61,62)52-18-7-5-6-17-49-25-29-9-11-30(12-10-29)39-24-36-42(50-26-51-43(36)53-39)35-21-32(47)22-38(28(35)2)54-44(58)34-15-13-31(20-37(34)48)46(3,4)60/h8-15,20-24,26,49,52,60H,5-7,16-19,25H2,1-4H3,(H,54,58)(H,50,51,53)(H,55,57,59). The highest BCUT2D eigenvalue weighted by atomic mass is 32.2. The maximum atomic E-state index is 15.1. The minimum absolute atomic E-state index is 0.0498. The maximum absolute atomic E-state index is 15.1. The smallest absolute Gasteiger partial charge is 0.328 e. The molecule has 1 saturated heterocycles. The molecular weight excluding hydrogens is 831 g/mol. The van der Waals surface area contributed by atoms with Gasteiger partial charge in [-0.3, -0.25) is 19.8 Å². The van der Waals surface area contributed by atoms with Crippen LogP contribution in [0, 0.1) is 25.5 Å². The van der Waals surface area contributed by atoms with E-state index in [9.17, 15) is 32.3 Å². The van der Waals surface area contributed by atoms with Gasteiger partial charge in [-0.25, -0.2) is 36.7 Å². The monoisotopic (exact) mass is 878 g/mol. The van der Waals surface area contributed by atoms with Crippen LogP contribution in [0.1, 0.15) is 72.1 Å². The van der Waals surface area contributed by atoms with Crippen LogP contribution in [0.15, 0.2) is 90.1 Å². The molecule has 328 valence electrons. The van der Waals surface area contributed by atoms with Gasteiger partial charge in [0.15, 0.2) is 0 Å². The van der Waals surface area contributed by atoms with Crippen LogP contribution in [0.2, 0.25) is 0 Å². The molecule has 63 heavy (non-hydrogen) atoms. The number of amides is 4. The highest BCUT2D eigenvalue weighted by molar-refractivity contribution is 7.89.